The van der Waals surface area contributed by atoms with Crippen LogP contribution in [0.4, 0.5) is 0 Å². The highest BCUT2D eigenvalue weighted by atomic mass is 79.9. The summed E-state index contributed by atoms with van der Waals surface area (Å²) in [6, 6.07) is 8.51. The van der Waals surface area contributed by atoms with Gasteiger partial charge in [-0.2, -0.15) is 0 Å². The Morgan fingerprint density at radius 1 is 1.19 bits per heavy atom. The van der Waals surface area contributed by atoms with Crippen LogP contribution in [0, 0.1) is 0 Å². The minimum absolute atomic E-state index is 0.641. The van der Waals surface area contributed by atoms with Crippen molar-refractivity contribution < 1.29 is 4.74 Å². The fraction of sp³-hybridized carbons (Fsp3) is 0.571. The zero-order valence-corrected chi connectivity index (χ0v) is 11.8. The molecule has 0 aliphatic carbocycles. The summed E-state index contributed by atoms with van der Waals surface area (Å²) in [6.45, 7) is 5.29. The van der Waals surface area contributed by atoms with Crippen LogP contribution in [-0.2, 0) is 0 Å². The summed E-state index contributed by atoms with van der Waals surface area (Å²) < 4.78 is 5.66. The van der Waals surface area contributed by atoms with Crippen LogP contribution in [0.3, 0.4) is 0 Å². The molecule has 1 aromatic rings. The maximum absolute atomic E-state index is 5.66. The van der Waals surface area contributed by atoms with E-state index in [1.165, 1.54) is 18.4 Å². The molecule has 1 unspecified atom stereocenters. The van der Waals surface area contributed by atoms with Gasteiger partial charge in [0, 0.05) is 5.33 Å². The van der Waals surface area contributed by atoms with Gasteiger partial charge in [0.15, 0.2) is 0 Å². The normalized spacial score (nSPS) is 12.4. The molecule has 1 atom stereocenters. The van der Waals surface area contributed by atoms with Crippen LogP contribution in [0.15, 0.2) is 24.3 Å². The monoisotopic (exact) mass is 284 g/mol. The molecule has 0 saturated carbocycles. The van der Waals surface area contributed by atoms with Crippen molar-refractivity contribution in [1.29, 1.82) is 0 Å². The van der Waals surface area contributed by atoms with Gasteiger partial charge in [0.25, 0.3) is 0 Å². The average Bonchev–Trinajstić information content (AvgIpc) is 2.34. The third kappa shape index (κ3) is 4.56. The van der Waals surface area contributed by atoms with E-state index in [0.717, 1.165) is 24.1 Å². The Hall–Kier alpha value is -0.500. The Bertz CT molecular complexity index is 281. The zero-order chi connectivity index (χ0) is 11.8. The first kappa shape index (κ1) is 13.6. The average molecular weight is 285 g/mol. The van der Waals surface area contributed by atoms with Gasteiger partial charge in [0.1, 0.15) is 5.75 Å². The fourth-order valence-corrected chi connectivity index (χ4v) is 1.91. The minimum atomic E-state index is 0.641. The van der Waals surface area contributed by atoms with Crippen molar-refractivity contribution in [2.24, 2.45) is 0 Å². The van der Waals surface area contributed by atoms with E-state index in [4.69, 9.17) is 4.74 Å². The van der Waals surface area contributed by atoms with Crippen molar-refractivity contribution in [3.8, 4) is 5.75 Å². The van der Waals surface area contributed by atoms with Crippen LogP contribution in [-0.4, -0.2) is 11.9 Å². The molecule has 0 aromatic heterocycles. The van der Waals surface area contributed by atoms with E-state index in [9.17, 15) is 0 Å². The van der Waals surface area contributed by atoms with Crippen LogP contribution >= 0.6 is 15.9 Å². The first-order valence-electron chi connectivity index (χ1n) is 6.06. The second-order valence-electron chi connectivity index (χ2n) is 4.12. The molecule has 2 heteroatoms. The SMILES string of the molecule is CCC(C)c1ccc(OCCCCBr)cc1. The Balaban J connectivity index is 2.39. The highest BCUT2D eigenvalue weighted by Crippen LogP contribution is 2.21. The van der Waals surface area contributed by atoms with Gasteiger partial charge in [-0.15, -0.1) is 0 Å². The third-order valence-corrected chi connectivity index (χ3v) is 3.42. The molecular formula is C14H21BrO. The Morgan fingerprint density at radius 2 is 1.88 bits per heavy atom. The highest BCUT2D eigenvalue weighted by Gasteiger charge is 2.02. The van der Waals surface area contributed by atoms with E-state index in [1.807, 2.05) is 0 Å². The molecule has 1 rings (SSSR count). The largest absolute Gasteiger partial charge is 0.494 e. The topological polar surface area (TPSA) is 9.23 Å². The predicted molar refractivity (Wildman–Crippen MR) is 73.7 cm³/mol. The molecule has 1 nitrogen and oxygen atoms in total. The van der Waals surface area contributed by atoms with E-state index < -0.39 is 0 Å². The fourth-order valence-electron chi connectivity index (χ4n) is 1.51. The first-order chi connectivity index (χ1) is 7.77. The molecule has 1 aromatic carbocycles. The summed E-state index contributed by atoms with van der Waals surface area (Å²) in [6.07, 6.45) is 3.47. The number of hydrogen-bond acceptors (Lipinski definition) is 1. The van der Waals surface area contributed by atoms with E-state index in [2.05, 4.69) is 54.0 Å². The number of hydrogen-bond donors (Lipinski definition) is 0. The van der Waals surface area contributed by atoms with Gasteiger partial charge in [-0.3, -0.25) is 0 Å². The molecule has 0 radical (unpaired) electrons. The molecule has 0 aliphatic heterocycles. The Labute approximate surface area is 107 Å². The van der Waals surface area contributed by atoms with Crippen molar-refractivity contribution >= 4 is 15.9 Å². The van der Waals surface area contributed by atoms with Crippen LogP contribution in [0.2, 0.25) is 0 Å². The van der Waals surface area contributed by atoms with Gasteiger partial charge in [0.2, 0.25) is 0 Å². The molecule has 0 heterocycles. The molecule has 0 N–H and O–H groups in total. The van der Waals surface area contributed by atoms with E-state index in [0.29, 0.717) is 5.92 Å². The van der Waals surface area contributed by atoms with E-state index >= 15 is 0 Å². The van der Waals surface area contributed by atoms with E-state index in [1.54, 1.807) is 0 Å². The number of ether oxygens (including phenoxy) is 1. The molecule has 0 saturated heterocycles. The second-order valence-corrected chi connectivity index (χ2v) is 4.92. The molecule has 0 amide bonds. The number of alkyl halides is 1. The molecular weight excluding hydrogens is 264 g/mol. The first-order valence-corrected chi connectivity index (χ1v) is 7.18. The molecule has 0 fully saturated rings. The molecule has 16 heavy (non-hydrogen) atoms. The molecule has 0 bridgehead atoms. The van der Waals surface area contributed by atoms with Crippen LogP contribution in [0.5, 0.6) is 5.75 Å². The lowest BCUT2D eigenvalue weighted by atomic mass is 9.99. The summed E-state index contributed by atoms with van der Waals surface area (Å²) >= 11 is 3.41. The van der Waals surface area contributed by atoms with Crippen LogP contribution < -0.4 is 4.74 Å². The number of benzene rings is 1. The molecule has 0 spiro atoms. The Morgan fingerprint density at radius 3 is 2.44 bits per heavy atom. The summed E-state index contributed by atoms with van der Waals surface area (Å²) in [7, 11) is 0. The van der Waals surface area contributed by atoms with Crippen molar-refractivity contribution in [2.75, 3.05) is 11.9 Å². The van der Waals surface area contributed by atoms with Gasteiger partial charge < -0.3 is 4.74 Å². The standard InChI is InChI=1S/C14H21BrO/c1-3-12(2)13-6-8-14(9-7-13)16-11-5-4-10-15/h6-9,12H,3-5,10-11H2,1-2H3. The predicted octanol–water partition coefficient (Wildman–Crippen LogP) is 4.75. The highest BCUT2D eigenvalue weighted by molar-refractivity contribution is 9.09. The van der Waals surface area contributed by atoms with Crippen LogP contribution in [0.25, 0.3) is 0 Å². The molecule has 90 valence electrons. The van der Waals surface area contributed by atoms with Crippen molar-refractivity contribution in [2.45, 2.75) is 39.0 Å². The maximum atomic E-state index is 5.66. The summed E-state index contributed by atoms with van der Waals surface area (Å²) in [4.78, 5) is 0. The summed E-state index contributed by atoms with van der Waals surface area (Å²) in [5.74, 6) is 1.63. The second kappa shape index (κ2) is 7.72. The van der Waals surface area contributed by atoms with Gasteiger partial charge in [-0.25, -0.2) is 0 Å². The quantitative estimate of drug-likeness (QED) is 0.518. The summed E-state index contributed by atoms with van der Waals surface area (Å²) in [5, 5.41) is 1.06. The summed E-state index contributed by atoms with van der Waals surface area (Å²) in [5.41, 5.74) is 1.40. The van der Waals surface area contributed by atoms with E-state index in [-0.39, 0.29) is 0 Å². The van der Waals surface area contributed by atoms with Gasteiger partial charge in [-0.1, -0.05) is 41.9 Å². The van der Waals surface area contributed by atoms with Crippen molar-refractivity contribution in [3.63, 3.8) is 0 Å². The lowest BCUT2D eigenvalue weighted by molar-refractivity contribution is 0.310. The van der Waals surface area contributed by atoms with Crippen molar-refractivity contribution in [1.82, 2.24) is 0 Å². The number of halogens is 1. The lowest BCUT2D eigenvalue weighted by Crippen LogP contribution is -1.98. The number of rotatable bonds is 7. The lowest BCUT2D eigenvalue weighted by Gasteiger charge is -2.10. The van der Waals surface area contributed by atoms with Gasteiger partial charge in [0.05, 0.1) is 6.61 Å². The number of unbranched alkanes of at least 4 members (excludes halogenated alkanes) is 1. The van der Waals surface area contributed by atoms with Gasteiger partial charge >= 0.3 is 0 Å². The third-order valence-electron chi connectivity index (χ3n) is 2.86. The van der Waals surface area contributed by atoms with Gasteiger partial charge in [-0.05, 0) is 42.9 Å². The smallest absolute Gasteiger partial charge is 0.119 e. The Kier molecular flexibility index (Phi) is 6.55. The zero-order valence-electron chi connectivity index (χ0n) is 10.2. The van der Waals surface area contributed by atoms with Crippen LogP contribution in [0.1, 0.15) is 44.6 Å². The molecule has 0 aliphatic rings. The van der Waals surface area contributed by atoms with Crippen molar-refractivity contribution in [3.05, 3.63) is 29.8 Å². The minimum Gasteiger partial charge on any atom is -0.494 e. The maximum Gasteiger partial charge on any atom is 0.119 e.